The fourth-order valence-electron chi connectivity index (χ4n) is 1.53. The van der Waals surface area contributed by atoms with Gasteiger partial charge in [0, 0.05) is 11.3 Å². The number of carbonyl (C=O) groups is 1. The second-order valence-corrected chi connectivity index (χ2v) is 5.56. The number of amides is 1. The summed E-state index contributed by atoms with van der Waals surface area (Å²) in [5, 5.41) is -0.240. The first-order chi connectivity index (χ1) is 9.60. The normalized spacial score (nSPS) is 12.1. The van der Waals surface area contributed by atoms with Crippen molar-refractivity contribution in [2.45, 2.75) is 17.9 Å². The Hall–Kier alpha value is -1.95. The van der Waals surface area contributed by atoms with Gasteiger partial charge >= 0.3 is 0 Å². The van der Waals surface area contributed by atoms with E-state index >= 15 is 0 Å². The van der Waals surface area contributed by atoms with Gasteiger partial charge in [-0.2, -0.15) is 0 Å². The predicted octanol–water partition coefficient (Wildman–Crippen LogP) is 2.46. The minimum absolute atomic E-state index is 0.240. The third-order valence-electron chi connectivity index (χ3n) is 2.77. The Kier molecular flexibility index (Phi) is 4.68. The standard InChI is InChI=1S/C14H16N2O3S/c1-9(13(15)17)20-8-11-7-19-14(16-11)10-3-5-12(18-2)6-4-10/h3-7,9H,8H2,1-2H3,(H2,15,17). The molecule has 106 valence electrons. The molecule has 0 saturated carbocycles. The van der Waals surface area contributed by atoms with E-state index in [4.69, 9.17) is 14.9 Å². The Labute approximate surface area is 121 Å². The molecule has 0 aliphatic rings. The topological polar surface area (TPSA) is 78.4 Å². The molecule has 1 aromatic heterocycles. The van der Waals surface area contributed by atoms with Crippen LogP contribution in [-0.2, 0) is 10.5 Å². The Morgan fingerprint density at radius 2 is 2.15 bits per heavy atom. The number of hydrogen-bond acceptors (Lipinski definition) is 5. The van der Waals surface area contributed by atoms with Crippen LogP contribution in [0.1, 0.15) is 12.6 Å². The van der Waals surface area contributed by atoms with Crippen molar-refractivity contribution >= 4 is 17.7 Å². The molecule has 6 heteroatoms. The molecule has 2 N–H and O–H groups in total. The number of aromatic nitrogens is 1. The van der Waals surface area contributed by atoms with E-state index in [1.54, 1.807) is 20.3 Å². The molecule has 0 saturated heterocycles. The highest BCUT2D eigenvalue weighted by Crippen LogP contribution is 2.24. The summed E-state index contributed by atoms with van der Waals surface area (Å²) in [5.74, 6) is 1.60. The lowest BCUT2D eigenvalue weighted by Crippen LogP contribution is -2.22. The number of nitrogens with two attached hydrogens (primary N) is 1. The van der Waals surface area contributed by atoms with Crippen molar-refractivity contribution in [3.8, 4) is 17.2 Å². The average molecular weight is 292 g/mol. The van der Waals surface area contributed by atoms with Gasteiger partial charge in [0.15, 0.2) is 0 Å². The minimum atomic E-state index is -0.325. The number of nitrogens with zero attached hydrogens (tertiary/aromatic N) is 1. The number of primary amides is 1. The molecule has 0 fully saturated rings. The maximum absolute atomic E-state index is 11.0. The lowest BCUT2D eigenvalue weighted by molar-refractivity contribution is -0.117. The quantitative estimate of drug-likeness (QED) is 0.884. The first-order valence-corrected chi connectivity index (χ1v) is 7.14. The van der Waals surface area contributed by atoms with Crippen LogP contribution in [0.2, 0.25) is 0 Å². The molecular weight excluding hydrogens is 276 g/mol. The Balaban J connectivity index is 2.02. The van der Waals surface area contributed by atoms with E-state index in [0.717, 1.165) is 17.0 Å². The molecule has 0 aliphatic carbocycles. The molecule has 20 heavy (non-hydrogen) atoms. The van der Waals surface area contributed by atoms with Crippen molar-refractivity contribution in [3.05, 3.63) is 36.2 Å². The van der Waals surface area contributed by atoms with Gasteiger partial charge in [0.25, 0.3) is 0 Å². The molecule has 2 aromatic rings. The summed E-state index contributed by atoms with van der Waals surface area (Å²) in [6, 6.07) is 7.47. The zero-order valence-electron chi connectivity index (χ0n) is 11.3. The van der Waals surface area contributed by atoms with Gasteiger partial charge in [0.05, 0.1) is 18.1 Å². The molecule has 1 aromatic carbocycles. The van der Waals surface area contributed by atoms with Crippen molar-refractivity contribution in [1.29, 1.82) is 0 Å². The largest absolute Gasteiger partial charge is 0.497 e. The number of methoxy groups -OCH3 is 1. The van der Waals surface area contributed by atoms with Crippen molar-refractivity contribution in [3.63, 3.8) is 0 Å². The molecule has 0 radical (unpaired) electrons. The predicted molar refractivity (Wildman–Crippen MR) is 78.4 cm³/mol. The lowest BCUT2D eigenvalue weighted by Gasteiger charge is -2.03. The summed E-state index contributed by atoms with van der Waals surface area (Å²) in [6.45, 7) is 1.78. The average Bonchev–Trinajstić information content (AvgIpc) is 2.93. The molecule has 1 atom stereocenters. The highest BCUT2D eigenvalue weighted by molar-refractivity contribution is 7.99. The smallest absolute Gasteiger partial charge is 0.230 e. The van der Waals surface area contributed by atoms with E-state index in [1.165, 1.54) is 11.8 Å². The van der Waals surface area contributed by atoms with Gasteiger partial charge < -0.3 is 14.9 Å². The minimum Gasteiger partial charge on any atom is -0.497 e. The molecule has 1 unspecified atom stereocenters. The van der Waals surface area contributed by atoms with Crippen LogP contribution in [-0.4, -0.2) is 23.3 Å². The second kappa shape index (κ2) is 6.47. The number of rotatable bonds is 6. The number of hydrogen-bond donors (Lipinski definition) is 1. The molecule has 5 nitrogen and oxygen atoms in total. The van der Waals surface area contributed by atoms with Crippen LogP contribution in [0.25, 0.3) is 11.5 Å². The SMILES string of the molecule is COc1ccc(-c2nc(CSC(C)C(N)=O)co2)cc1. The number of thioether (sulfide) groups is 1. The van der Waals surface area contributed by atoms with Crippen molar-refractivity contribution in [2.75, 3.05) is 7.11 Å². The first kappa shape index (κ1) is 14.5. The molecule has 1 heterocycles. The maximum atomic E-state index is 11.0. The number of oxazole rings is 1. The van der Waals surface area contributed by atoms with E-state index in [1.807, 2.05) is 24.3 Å². The van der Waals surface area contributed by atoms with Gasteiger partial charge in [0.1, 0.15) is 12.0 Å². The number of benzene rings is 1. The third kappa shape index (κ3) is 3.54. The van der Waals surface area contributed by atoms with Crippen LogP contribution in [0.15, 0.2) is 34.9 Å². The van der Waals surface area contributed by atoms with E-state index in [2.05, 4.69) is 4.98 Å². The van der Waals surface area contributed by atoms with Crippen LogP contribution in [0, 0.1) is 0 Å². The molecule has 0 bridgehead atoms. The van der Waals surface area contributed by atoms with Gasteiger partial charge in [-0.15, -0.1) is 11.8 Å². The zero-order valence-corrected chi connectivity index (χ0v) is 12.1. The monoisotopic (exact) mass is 292 g/mol. The fraction of sp³-hybridized carbons (Fsp3) is 0.286. The highest BCUT2D eigenvalue weighted by Gasteiger charge is 2.12. The van der Waals surface area contributed by atoms with Gasteiger partial charge in [-0.25, -0.2) is 4.98 Å². The van der Waals surface area contributed by atoms with Gasteiger partial charge in [-0.3, -0.25) is 4.79 Å². The van der Waals surface area contributed by atoms with Crippen molar-refractivity contribution in [1.82, 2.24) is 4.98 Å². The Morgan fingerprint density at radius 3 is 2.75 bits per heavy atom. The summed E-state index contributed by atoms with van der Waals surface area (Å²) >= 11 is 1.44. The lowest BCUT2D eigenvalue weighted by atomic mass is 10.2. The Bertz CT molecular complexity index is 580. The Morgan fingerprint density at radius 1 is 1.45 bits per heavy atom. The van der Waals surface area contributed by atoms with Crippen LogP contribution in [0.4, 0.5) is 0 Å². The van der Waals surface area contributed by atoms with E-state index in [0.29, 0.717) is 11.6 Å². The van der Waals surface area contributed by atoms with Gasteiger partial charge in [-0.1, -0.05) is 0 Å². The van der Waals surface area contributed by atoms with E-state index in [9.17, 15) is 4.79 Å². The summed E-state index contributed by atoms with van der Waals surface area (Å²) in [4.78, 5) is 15.3. The maximum Gasteiger partial charge on any atom is 0.230 e. The zero-order chi connectivity index (χ0) is 14.5. The number of carbonyl (C=O) groups excluding carboxylic acids is 1. The van der Waals surface area contributed by atoms with Crippen molar-refractivity contribution < 1.29 is 13.9 Å². The van der Waals surface area contributed by atoms with E-state index in [-0.39, 0.29) is 11.2 Å². The molecule has 0 aliphatic heterocycles. The fourth-order valence-corrected chi connectivity index (χ4v) is 2.25. The van der Waals surface area contributed by atoms with Crippen LogP contribution in [0.5, 0.6) is 5.75 Å². The molecule has 0 spiro atoms. The van der Waals surface area contributed by atoms with Gasteiger partial charge in [0.2, 0.25) is 11.8 Å². The van der Waals surface area contributed by atoms with Crippen LogP contribution < -0.4 is 10.5 Å². The molecular formula is C14H16N2O3S. The molecule has 2 rings (SSSR count). The van der Waals surface area contributed by atoms with Crippen molar-refractivity contribution in [2.24, 2.45) is 5.73 Å². The summed E-state index contributed by atoms with van der Waals surface area (Å²) < 4.78 is 10.5. The summed E-state index contributed by atoms with van der Waals surface area (Å²) in [5.41, 5.74) is 6.87. The summed E-state index contributed by atoms with van der Waals surface area (Å²) in [6.07, 6.45) is 1.60. The first-order valence-electron chi connectivity index (χ1n) is 6.10. The molecule has 1 amide bonds. The van der Waals surface area contributed by atoms with Crippen LogP contribution >= 0.6 is 11.8 Å². The van der Waals surface area contributed by atoms with Crippen LogP contribution in [0.3, 0.4) is 0 Å². The highest BCUT2D eigenvalue weighted by atomic mass is 32.2. The second-order valence-electron chi connectivity index (χ2n) is 4.23. The summed E-state index contributed by atoms with van der Waals surface area (Å²) in [7, 11) is 1.62. The number of ether oxygens (including phenoxy) is 1. The third-order valence-corrected chi connectivity index (χ3v) is 3.97. The van der Waals surface area contributed by atoms with Gasteiger partial charge in [-0.05, 0) is 31.2 Å². The van der Waals surface area contributed by atoms with E-state index < -0.39 is 0 Å².